The standard InChI is InChI=1S/C13H20OSi/c1-11(2)13-8-6-5-7-12(13)9-10-14-15(3)4/h5-11,15H,1-4H3. The minimum absolute atomic E-state index is 0.558. The van der Waals surface area contributed by atoms with Gasteiger partial charge in [0, 0.05) is 0 Å². The van der Waals surface area contributed by atoms with E-state index in [1.54, 1.807) is 0 Å². The molecule has 0 aliphatic carbocycles. The quantitative estimate of drug-likeness (QED) is 0.554. The van der Waals surface area contributed by atoms with Crippen LogP contribution >= 0.6 is 0 Å². The van der Waals surface area contributed by atoms with Gasteiger partial charge in [0.2, 0.25) is 9.04 Å². The van der Waals surface area contributed by atoms with Gasteiger partial charge in [-0.25, -0.2) is 0 Å². The maximum Gasteiger partial charge on any atom is 0.228 e. The second-order valence-electron chi connectivity index (χ2n) is 4.27. The molecule has 0 amide bonds. The van der Waals surface area contributed by atoms with Crippen molar-refractivity contribution in [3.63, 3.8) is 0 Å². The molecule has 0 N–H and O–H groups in total. The highest BCUT2D eigenvalue weighted by molar-refractivity contribution is 6.48. The lowest BCUT2D eigenvalue weighted by Gasteiger charge is -2.09. The van der Waals surface area contributed by atoms with Crippen molar-refractivity contribution in [3.05, 3.63) is 41.7 Å². The molecule has 15 heavy (non-hydrogen) atoms. The van der Waals surface area contributed by atoms with E-state index in [0.717, 1.165) is 0 Å². The molecule has 0 heterocycles. The van der Waals surface area contributed by atoms with Crippen molar-refractivity contribution in [2.75, 3.05) is 0 Å². The first-order chi connectivity index (χ1) is 7.11. The highest BCUT2D eigenvalue weighted by Crippen LogP contribution is 2.20. The first-order valence-electron chi connectivity index (χ1n) is 5.52. The van der Waals surface area contributed by atoms with Crippen molar-refractivity contribution in [3.8, 4) is 0 Å². The van der Waals surface area contributed by atoms with Gasteiger partial charge < -0.3 is 4.43 Å². The topological polar surface area (TPSA) is 9.23 Å². The Labute approximate surface area is 94.5 Å². The number of benzene rings is 1. The summed E-state index contributed by atoms with van der Waals surface area (Å²) in [6.07, 6.45) is 3.92. The molecular weight excluding hydrogens is 200 g/mol. The van der Waals surface area contributed by atoms with Crippen LogP contribution in [0.2, 0.25) is 13.1 Å². The van der Waals surface area contributed by atoms with Gasteiger partial charge in [-0.15, -0.1) is 0 Å². The molecule has 0 fully saturated rings. The molecule has 2 heteroatoms. The van der Waals surface area contributed by atoms with Crippen LogP contribution < -0.4 is 0 Å². The van der Waals surface area contributed by atoms with E-state index in [1.165, 1.54) is 11.1 Å². The van der Waals surface area contributed by atoms with Gasteiger partial charge in [-0.3, -0.25) is 0 Å². The molecule has 0 radical (unpaired) electrons. The van der Waals surface area contributed by atoms with Crippen LogP contribution in [0.4, 0.5) is 0 Å². The fourth-order valence-electron chi connectivity index (χ4n) is 1.46. The van der Waals surface area contributed by atoms with Crippen molar-refractivity contribution in [1.82, 2.24) is 0 Å². The Bertz CT molecular complexity index is 329. The van der Waals surface area contributed by atoms with Crippen LogP contribution in [0.1, 0.15) is 30.9 Å². The fraction of sp³-hybridized carbons (Fsp3) is 0.385. The lowest BCUT2D eigenvalue weighted by Crippen LogP contribution is -2.01. The normalized spacial score (nSPS) is 11.6. The van der Waals surface area contributed by atoms with E-state index in [0.29, 0.717) is 5.92 Å². The van der Waals surface area contributed by atoms with Gasteiger partial charge in [-0.05, 0) is 36.2 Å². The SMILES string of the molecule is CC(C)c1ccccc1C=CO[SiH](C)C. The molecular formula is C13H20OSi. The second kappa shape index (κ2) is 5.76. The first-order valence-corrected chi connectivity index (χ1v) is 8.30. The van der Waals surface area contributed by atoms with Gasteiger partial charge >= 0.3 is 0 Å². The van der Waals surface area contributed by atoms with Crippen LogP contribution in [0.15, 0.2) is 30.5 Å². The Hall–Kier alpha value is -1.02. The van der Waals surface area contributed by atoms with Crippen LogP contribution in [0.5, 0.6) is 0 Å². The minimum Gasteiger partial charge on any atom is -0.552 e. The lowest BCUT2D eigenvalue weighted by molar-refractivity contribution is 0.505. The van der Waals surface area contributed by atoms with Crippen LogP contribution in [0.25, 0.3) is 6.08 Å². The van der Waals surface area contributed by atoms with Crippen LogP contribution in [0, 0.1) is 0 Å². The summed E-state index contributed by atoms with van der Waals surface area (Å²) in [5.41, 5.74) is 2.64. The zero-order valence-corrected chi connectivity index (χ0v) is 11.2. The average Bonchev–Trinajstić information content (AvgIpc) is 2.17. The van der Waals surface area contributed by atoms with Crippen molar-refractivity contribution >= 4 is 15.1 Å². The third-order valence-corrected chi connectivity index (χ3v) is 2.92. The minimum atomic E-state index is -0.939. The summed E-state index contributed by atoms with van der Waals surface area (Å²) in [4.78, 5) is 0. The maximum atomic E-state index is 5.54. The molecule has 0 saturated heterocycles. The van der Waals surface area contributed by atoms with Gasteiger partial charge in [0.15, 0.2) is 0 Å². The monoisotopic (exact) mass is 220 g/mol. The van der Waals surface area contributed by atoms with E-state index in [9.17, 15) is 0 Å². The summed E-state index contributed by atoms with van der Waals surface area (Å²) in [5.74, 6) is 0.558. The average molecular weight is 220 g/mol. The van der Waals surface area contributed by atoms with Crippen molar-refractivity contribution < 1.29 is 4.43 Å². The van der Waals surface area contributed by atoms with Gasteiger partial charge in [0.1, 0.15) is 0 Å². The van der Waals surface area contributed by atoms with Crippen molar-refractivity contribution in [2.45, 2.75) is 32.9 Å². The van der Waals surface area contributed by atoms with Crippen LogP contribution in [-0.4, -0.2) is 9.04 Å². The molecule has 1 aromatic carbocycles. The van der Waals surface area contributed by atoms with Crippen LogP contribution in [0.3, 0.4) is 0 Å². The molecule has 0 unspecified atom stereocenters. The summed E-state index contributed by atoms with van der Waals surface area (Å²) in [5, 5.41) is 0. The molecule has 1 aromatic rings. The Balaban J connectivity index is 2.80. The molecule has 0 spiro atoms. The Morgan fingerprint density at radius 2 is 1.87 bits per heavy atom. The van der Waals surface area contributed by atoms with Gasteiger partial charge in [0.05, 0.1) is 6.26 Å². The van der Waals surface area contributed by atoms with E-state index in [2.05, 4.69) is 57.3 Å². The highest BCUT2D eigenvalue weighted by atomic mass is 28.3. The molecule has 0 aliphatic rings. The third-order valence-electron chi connectivity index (χ3n) is 2.22. The zero-order chi connectivity index (χ0) is 11.3. The predicted octanol–water partition coefficient (Wildman–Crippen LogP) is 3.78. The van der Waals surface area contributed by atoms with Crippen LogP contribution in [-0.2, 0) is 4.43 Å². The summed E-state index contributed by atoms with van der Waals surface area (Å²) in [6, 6.07) is 8.47. The van der Waals surface area contributed by atoms with E-state index in [-0.39, 0.29) is 0 Å². The van der Waals surface area contributed by atoms with Gasteiger partial charge in [-0.2, -0.15) is 0 Å². The van der Waals surface area contributed by atoms with E-state index < -0.39 is 9.04 Å². The van der Waals surface area contributed by atoms with E-state index in [4.69, 9.17) is 4.43 Å². The lowest BCUT2D eigenvalue weighted by atomic mass is 9.97. The van der Waals surface area contributed by atoms with Gasteiger partial charge in [0.25, 0.3) is 0 Å². The van der Waals surface area contributed by atoms with E-state index >= 15 is 0 Å². The Kier molecular flexibility index (Phi) is 4.63. The first kappa shape index (κ1) is 12.0. The van der Waals surface area contributed by atoms with E-state index in [1.807, 2.05) is 6.26 Å². The van der Waals surface area contributed by atoms with Crippen molar-refractivity contribution in [2.24, 2.45) is 0 Å². The Morgan fingerprint density at radius 3 is 2.47 bits per heavy atom. The fourth-order valence-corrected chi connectivity index (χ4v) is 1.85. The molecule has 0 atom stereocenters. The Morgan fingerprint density at radius 1 is 1.20 bits per heavy atom. The molecule has 82 valence electrons. The third kappa shape index (κ3) is 3.92. The molecule has 0 bridgehead atoms. The van der Waals surface area contributed by atoms with Crippen molar-refractivity contribution in [1.29, 1.82) is 0 Å². The largest absolute Gasteiger partial charge is 0.552 e. The number of rotatable bonds is 4. The molecule has 0 aliphatic heterocycles. The predicted molar refractivity (Wildman–Crippen MR) is 69.5 cm³/mol. The molecule has 0 saturated carbocycles. The zero-order valence-electron chi connectivity index (χ0n) is 10.0. The second-order valence-corrected chi connectivity index (χ2v) is 6.64. The highest BCUT2D eigenvalue weighted by Gasteiger charge is 2.02. The molecule has 1 rings (SSSR count). The molecule has 0 aromatic heterocycles. The smallest absolute Gasteiger partial charge is 0.228 e. The summed E-state index contributed by atoms with van der Waals surface area (Å²) in [6.45, 7) is 8.76. The maximum absolute atomic E-state index is 5.54. The van der Waals surface area contributed by atoms with Gasteiger partial charge in [-0.1, -0.05) is 38.1 Å². The summed E-state index contributed by atoms with van der Waals surface area (Å²) < 4.78 is 5.54. The molecule has 1 nitrogen and oxygen atoms in total. The number of hydrogen-bond acceptors (Lipinski definition) is 1. The summed E-state index contributed by atoms with van der Waals surface area (Å²) in [7, 11) is -0.939. The number of hydrogen-bond donors (Lipinski definition) is 0. The summed E-state index contributed by atoms with van der Waals surface area (Å²) >= 11 is 0.